The van der Waals surface area contributed by atoms with Crippen LogP contribution in [-0.4, -0.2) is 49.4 Å². The molecule has 1 aromatic carbocycles. The molecule has 0 radical (unpaired) electrons. The Morgan fingerprint density at radius 1 is 1.20 bits per heavy atom. The number of imidazole rings is 1. The molecule has 1 aliphatic rings. The predicted molar refractivity (Wildman–Crippen MR) is 111 cm³/mol. The number of amides is 1. The number of carbonyl (C=O) groups excluding carboxylic acids is 1. The van der Waals surface area contributed by atoms with E-state index in [1.807, 2.05) is 34.9 Å². The highest BCUT2D eigenvalue weighted by atomic mass is 16.5. The molecular formula is C22H21N5O3. The summed E-state index contributed by atoms with van der Waals surface area (Å²) in [4.78, 5) is 39.3. The molecule has 30 heavy (non-hydrogen) atoms. The van der Waals surface area contributed by atoms with E-state index in [4.69, 9.17) is 4.74 Å². The Balaban J connectivity index is 1.48. The highest BCUT2D eigenvalue weighted by Gasteiger charge is 2.26. The number of para-hydroxylation sites is 1. The summed E-state index contributed by atoms with van der Waals surface area (Å²) in [5.74, 6) is 0.221. The van der Waals surface area contributed by atoms with Crippen LogP contribution in [0.5, 0.6) is 0 Å². The van der Waals surface area contributed by atoms with Gasteiger partial charge in [0.2, 0.25) is 0 Å². The summed E-state index contributed by atoms with van der Waals surface area (Å²) in [5, 5.41) is 0.526. The van der Waals surface area contributed by atoms with E-state index >= 15 is 0 Å². The second kappa shape index (κ2) is 7.72. The molecule has 1 amide bonds. The molecule has 0 bridgehead atoms. The molecule has 1 N–H and O–H groups in total. The maximum atomic E-state index is 13.3. The van der Waals surface area contributed by atoms with Gasteiger partial charge in [0.1, 0.15) is 17.2 Å². The fraction of sp³-hybridized carbons (Fsp3) is 0.273. The summed E-state index contributed by atoms with van der Waals surface area (Å²) < 4.78 is 7.56. The third kappa shape index (κ3) is 3.57. The highest BCUT2D eigenvalue weighted by Crippen LogP contribution is 2.17. The van der Waals surface area contributed by atoms with E-state index in [1.165, 1.54) is 0 Å². The number of H-pyrrole nitrogens is 1. The van der Waals surface area contributed by atoms with Gasteiger partial charge in [0, 0.05) is 25.5 Å². The Morgan fingerprint density at radius 2 is 2.07 bits per heavy atom. The molecule has 4 heterocycles. The predicted octanol–water partition coefficient (Wildman–Crippen LogP) is 2.39. The number of rotatable bonds is 5. The highest BCUT2D eigenvalue weighted by molar-refractivity contribution is 5.93. The van der Waals surface area contributed by atoms with Crippen LogP contribution in [0.15, 0.2) is 59.7 Å². The van der Waals surface area contributed by atoms with Crippen LogP contribution in [0.2, 0.25) is 0 Å². The summed E-state index contributed by atoms with van der Waals surface area (Å²) in [6.07, 6.45) is 5.42. The molecule has 1 saturated heterocycles. The van der Waals surface area contributed by atoms with Crippen molar-refractivity contribution in [1.82, 2.24) is 24.3 Å². The third-order valence-corrected chi connectivity index (χ3v) is 5.32. The number of ether oxygens (including phenoxy) is 1. The maximum Gasteiger partial charge on any atom is 0.274 e. The zero-order valence-corrected chi connectivity index (χ0v) is 16.3. The van der Waals surface area contributed by atoms with Gasteiger partial charge in [0.25, 0.3) is 11.5 Å². The van der Waals surface area contributed by atoms with Crippen molar-refractivity contribution < 1.29 is 9.53 Å². The molecule has 8 nitrogen and oxygen atoms in total. The van der Waals surface area contributed by atoms with Gasteiger partial charge in [-0.05, 0) is 37.1 Å². The average molecular weight is 403 g/mol. The normalized spacial score (nSPS) is 16.3. The molecule has 1 fully saturated rings. The number of aromatic nitrogens is 4. The van der Waals surface area contributed by atoms with Gasteiger partial charge in [0.05, 0.1) is 23.6 Å². The van der Waals surface area contributed by atoms with Gasteiger partial charge in [-0.2, -0.15) is 0 Å². The first-order chi connectivity index (χ1) is 14.7. The minimum absolute atomic E-state index is 0.0295. The first kappa shape index (κ1) is 18.5. The van der Waals surface area contributed by atoms with E-state index in [0.717, 1.165) is 12.8 Å². The van der Waals surface area contributed by atoms with Crippen LogP contribution in [0.1, 0.15) is 29.2 Å². The van der Waals surface area contributed by atoms with Gasteiger partial charge in [0.15, 0.2) is 0 Å². The Morgan fingerprint density at radius 3 is 2.90 bits per heavy atom. The van der Waals surface area contributed by atoms with Gasteiger partial charge in [-0.3, -0.25) is 9.59 Å². The van der Waals surface area contributed by atoms with Gasteiger partial charge in [-0.1, -0.05) is 18.2 Å². The second-order valence-electron chi connectivity index (χ2n) is 7.44. The van der Waals surface area contributed by atoms with E-state index in [0.29, 0.717) is 41.2 Å². The Kier molecular flexibility index (Phi) is 4.76. The number of fused-ring (bicyclic) bond motifs is 2. The van der Waals surface area contributed by atoms with Crippen LogP contribution in [0, 0.1) is 0 Å². The van der Waals surface area contributed by atoms with Crippen LogP contribution in [0.4, 0.5) is 0 Å². The quantitative estimate of drug-likeness (QED) is 0.552. The van der Waals surface area contributed by atoms with Crippen molar-refractivity contribution >= 4 is 22.5 Å². The van der Waals surface area contributed by atoms with Crippen LogP contribution in [0.3, 0.4) is 0 Å². The van der Waals surface area contributed by atoms with Crippen molar-refractivity contribution in [3.63, 3.8) is 0 Å². The van der Waals surface area contributed by atoms with Crippen LogP contribution >= 0.6 is 0 Å². The summed E-state index contributed by atoms with van der Waals surface area (Å²) >= 11 is 0. The smallest absolute Gasteiger partial charge is 0.274 e. The van der Waals surface area contributed by atoms with Gasteiger partial charge >= 0.3 is 0 Å². The lowest BCUT2D eigenvalue weighted by Gasteiger charge is -2.24. The van der Waals surface area contributed by atoms with Crippen molar-refractivity contribution in [3.8, 4) is 0 Å². The fourth-order valence-electron chi connectivity index (χ4n) is 3.84. The number of carbonyl (C=O) groups is 1. The van der Waals surface area contributed by atoms with E-state index in [-0.39, 0.29) is 24.1 Å². The minimum Gasteiger partial charge on any atom is -0.376 e. The zero-order valence-electron chi connectivity index (χ0n) is 16.3. The molecule has 0 saturated carbocycles. The lowest BCUT2D eigenvalue weighted by atomic mass is 10.2. The summed E-state index contributed by atoms with van der Waals surface area (Å²) in [6.45, 7) is 1.29. The first-order valence-electron chi connectivity index (χ1n) is 10.00. The molecule has 0 spiro atoms. The van der Waals surface area contributed by atoms with Crippen molar-refractivity contribution in [1.29, 1.82) is 0 Å². The van der Waals surface area contributed by atoms with Gasteiger partial charge in [-0.25, -0.2) is 9.97 Å². The molecule has 1 aliphatic heterocycles. The molecule has 152 valence electrons. The first-order valence-corrected chi connectivity index (χ1v) is 10.00. The molecule has 5 rings (SSSR count). The molecule has 1 atom stereocenters. The monoisotopic (exact) mass is 403 g/mol. The van der Waals surface area contributed by atoms with E-state index in [2.05, 4.69) is 15.0 Å². The van der Waals surface area contributed by atoms with E-state index in [1.54, 1.807) is 29.3 Å². The van der Waals surface area contributed by atoms with E-state index in [9.17, 15) is 9.59 Å². The number of nitrogens with zero attached hydrogens (tertiary/aromatic N) is 4. The zero-order chi connectivity index (χ0) is 20.5. The van der Waals surface area contributed by atoms with Crippen LogP contribution < -0.4 is 5.56 Å². The molecule has 0 unspecified atom stereocenters. The lowest BCUT2D eigenvalue weighted by molar-refractivity contribution is 0.0497. The number of pyridine rings is 1. The Hall–Kier alpha value is -3.52. The average Bonchev–Trinajstić information content (AvgIpc) is 3.42. The standard InChI is InChI=1S/C22H21N5O3/c28-21-16-7-1-2-8-17(16)23-19(25-21)14-27(12-15-6-5-11-30-15)22(29)18-13-26-10-4-3-9-20(26)24-18/h1-4,7-10,13,15H,5-6,11-12,14H2,(H,23,25,28)/t15-/m1/s1. The van der Waals surface area contributed by atoms with Crippen molar-refractivity contribution in [3.05, 3.63) is 76.7 Å². The molecular weight excluding hydrogens is 382 g/mol. The number of nitrogens with one attached hydrogen (secondary N) is 1. The number of hydrogen-bond acceptors (Lipinski definition) is 5. The molecule has 3 aromatic heterocycles. The fourth-order valence-corrected chi connectivity index (χ4v) is 3.84. The van der Waals surface area contributed by atoms with Crippen LogP contribution in [0.25, 0.3) is 16.6 Å². The summed E-state index contributed by atoms with van der Waals surface area (Å²) in [5.41, 5.74) is 1.44. The molecule has 0 aliphatic carbocycles. The number of benzene rings is 1. The second-order valence-corrected chi connectivity index (χ2v) is 7.44. The maximum absolute atomic E-state index is 13.3. The topological polar surface area (TPSA) is 92.6 Å². The van der Waals surface area contributed by atoms with Gasteiger partial charge in [-0.15, -0.1) is 0 Å². The minimum atomic E-state index is -0.218. The van der Waals surface area contributed by atoms with Crippen LogP contribution in [-0.2, 0) is 11.3 Å². The third-order valence-electron chi connectivity index (χ3n) is 5.32. The molecule has 8 heteroatoms. The summed E-state index contributed by atoms with van der Waals surface area (Å²) in [7, 11) is 0. The SMILES string of the molecule is O=C(c1cn2ccccc2n1)N(Cc1nc2ccccc2c(=O)[nH]1)C[C@H]1CCCO1. The summed E-state index contributed by atoms with van der Waals surface area (Å²) in [6, 6.07) is 12.8. The van der Waals surface area contributed by atoms with Gasteiger partial charge < -0.3 is 19.0 Å². The largest absolute Gasteiger partial charge is 0.376 e. The van der Waals surface area contributed by atoms with E-state index < -0.39 is 0 Å². The Bertz CT molecular complexity index is 1240. The van der Waals surface area contributed by atoms with Crippen molar-refractivity contribution in [2.75, 3.05) is 13.2 Å². The number of aromatic amines is 1. The van der Waals surface area contributed by atoms with Crippen molar-refractivity contribution in [2.45, 2.75) is 25.5 Å². The molecule has 4 aromatic rings. The number of hydrogen-bond donors (Lipinski definition) is 1. The van der Waals surface area contributed by atoms with Crippen molar-refractivity contribution in [2.24, 2.45) is 0 Å². The lowest BCUT2D eigenvalue weighted by Crippen LogP contribution is -2.38. The Labute approximate surface area is 172 Å².